The molecule has 0 unspecified atom stereocenters. The lowest BCUT2D eigenvalue weighted by Crippen LogP contribution is -2.60. The van der Waals surface area contributed by atoms with Crippen molar-refractivity contribution in [1.29, 1.82) is 0 Å². The summed E-state index contributed by atoms with van der Waals surface area (Å²) in [6, 6.07) is 0.350. The molecule has 3 heteroatoms. The van der Waals surface area contributed by atoms with Crippen LogP contribution >= 0.6 is 0 Å². The van der Waals surface area contributed by atoms with E-state index in [9.17, 15) is 4.79 Å². The lowest BCUT2D eigenvalue weighted by molar-refractivity contribution is -0.141. The summed E-state index contributed by atoms with van der Waals surface area (Å²) in [6.07, 6.45) is 4.83. The maximum absolute atomic E-state index is 12.0. The molecule has 0 aromatic rings. The Morgan fingerprint density at radius 2 is 1.93 bits per heavy atom. The number of hydrogen-bond donors (Lipinski definition) is 1. The molecule has 1 amide bonds. The van der Waals surface area contributed by atoms with E-state index in [0.717, 1.165) is 32.1 Å². The molecule has 0 aromatic carbocycles. The van der Waals surface area contributed by atoms with E-state index in [2.05, 4.69) is 13.8 Å². The predicted molar refractivity (Wildman–Crippen MR) is 57.9 cm³/mol. The van der Waals surface area contributed by atoms with Crippen LogP contribution in [0.15, 0.2) is 0 Å². The molecule has 0 aromatic heterocycles. The van der Waals surface area contributed by atoms with Gasteiger partial charge in [-0.25, -0.2) is 0 Å². The zero-order chi connectivity index (χ0) is 10.8. The SMILES string of the molecule is CCC(CC)N(C)C(=O)C1(N)CCC1. The molecule has 0 heterocycles. The first kappa shape index (κ1) is 11.5. The van der Waals surface area contributed by atoms with Gasteiger partial charge in [0, 0.05) is 13.1 Å². The number of amides is 1. The Hall–Kier alpha value is -0.570. The van der Waals surface area contributed by atoms with Crippen molar-refractivity contribution in [2.45, 2.75) is 57.5 Å². The number of hydrogen-bond acceptors (Lipinski definition) is 2. The van der Waals surface area contributed by atoms with Gasteiger partial charge in [-0.2, -0.15) is 0 Å². The van der Waals surface area contributed by atoms with E-state index >= 15 is 0 Å². The van der Waals surface area contributed by atoms with E-state index in [1.165, 1.54) is 0 Å². The van der Waals surface area contributed by atoms with E-state index in [4.69, 9.17) is 5.73 Å². The summed E-state index contributed by atoms with van der Waals surface area (Å²) in [4.78, 5) is 13.9. The molecule has 0 atom stereocenters. The smallest absolute Gasteiger partial charge is 0.242 e. The molecule has 0 aliphatic heterocycles. The van der Waals surface area contributed by atoms with Gasteiger partial charge in [0.15, 0.2) is 0 Å². The van der Waals surface area contributed by atoms with Crippen molar-refractivity contribution in [3.8, 4) is 0 Å². The summed E-state index contributed by atoms with van der Waals surface area (Å²) >= 11 is 0. The third-order valence-corrected chi connectivity index (χ3v) is 3.48. The highest BCUT2D eigenvalue weighted by Crippen LogP contribution is 2.31. The van der Waals surface area contributed by atoms with E-state index in [1.54, 1.807) is 0 Å². The molecular weight excluding hydrogens is 176 g/mol. The van der Waals surface area contributed by atoms with Crippen molar-refractivity contribution in [2.75, 3.05) is 7.05 Å². The Kier molecular flexibility index (Phi) is 3.53. The summed E-state index contributed by atoms with van der Waals surface area (Å²) in [5.41, 5.74) is 5.47. The van der Waals surface area contributed by atoms with Gasteiger partial charge in [0.25, 0.3) is 0 Å². The molecule has 1 aliphatic rings. The first-order chi connectivity index (χ1) is 6.55. The minimum atomic E-state index is -0.530. The third kappa shape index (κ3) is 1.92. The molecule has 1 rings (SSSR count). The molecular formula is C11H22N2O. The van der Waals surface area contributed by atoms with Crippen LogP contribution in [-0.4, -0.2) is 29.4 Å². The average Bonchev–Trinajstić information content (AvgIpc) is 2.14. The lowest BCUT2D eigenvalue weighted by Gasteiger charge is -2.41. The van der Waals surface area contributed by atoms with Gasteiger partial charge in [-0.3, -0.25) is 4.79 Å². The molecule has 82 valence electrons. The topological polar surface area (TPSA) is 46.3 Å². The molecule has 2 N–H and O–H groups in total. The second-order valence-electron chi connectivity index (χ2n) is 4.40. The van der Waals surface area contributed by atoms with Crippen LogP contribution in [0.3, 0.4) is 0 Å². The summed E-state index contributed by atoms with van der Waals surface area (Å²) in [6.45, 7) is 4.23. The van der Waals surface area contributed by atoms with Crippen molar-refractivity contribution in [3.05, 3.63) is 0 Å². The Morgan fingerprint density at radius 1 is 1.43 bits per heavy atom. The highest BCUT2D eigenvalue weighted by Gasteiger charge is 2.42. The highest BCUT2D eigenvalue weighted by molar-refractivity contribution is 5.87. The van der Waals surface area contributed by atoms with Gasteiger partial charge in [0.05, 0.1) is 5.54 Å². The Morgan fingerprint density at radius 3 is 2.21 bits per heavy atom. The van der Waals surface area contributed by atoms with Crippen LogP contribution in [0.5, 0.6) is 0 Å². The van der Waals surface area contributed by atoms with Crippen LogP contribution in [0.4, 0.5) is 0 Å². The fraction of sp³-hybridized carbons (Fsp3) is 0.909. The number of likely N-dealkylation sites (N-methyl/N-ethyl adjacent to an activating group) is 1. The summed E-state index contributed by atoms with van der Waals surface area (Å²) in [5, 5.41) is 0. The van der Waals surface area contributed by atoms with Gasteiger partial charge in [-0.1, -0.05) is 13.8 Å². The third-order valence-electron chi connectivity index (χ3n) is 3.48. The number of nitrogens with two attached hydrogens (primary N) is 1. The van der Waals surface area contributed by atoms with Gasteiger partial charge in [0.2, 0.25) is 5.91 Å². The van der Waals surface area contributed by atoms with Crippen molar-refractivity contribution in [1.82, 2.24) is 4.90 Å². The van der Waals surface area contributed by atoms with E-state index < -0.39 is 5.54 Å². The van der Waals surface area contributed by atoms with Crippen LogP contribution in [0.1, 0.15) is 46.0 Å². The molecule has 1 saturated carbocycles. The summed E-state index contributed by atoms with van der Waals surface area (Å²) in [5.74, 6) is 0.137. The number of rotatable bonds is 4. The second-order valence-corrected chi connectivity index (χ2v) is 4.40. The van der Waals surface area contributed by atoms with E-state index in [0.29, 0.717) is 6.04 Å². The van der Waals surface area contributed by atoms with Crippen LogP contribution < -0.4 is 5.73 Å². The maximum Gasteiger partial charge on any atom is 0.242 e. The molecule has 3 nitrogen and oxygen atoms in total. The normalized spacial score (nSPS) is 19.2. The zero-order valence-electron chi connectivity index (χ0n) is 9.55. The zero-order valence-corrected chi connectivity index (χ0v) is 9.55. The molecule has 0 spiro atoms. The van der Waals surface area contributed by atoms with E-state index in [-0.39, 0.29) is 5.91 Å². The number of carbonyl (C=O) groups is 1. The predicted octanol–water partition coefficient (Wildman–Crippen LogP) is 1.51. The molecule has 1 aliphatic carbocycles. The number of nitrogens with zero attached hydrogens (tertiary/aromatic N) is 1. The van der Waals surface area contributed by atoms with Gasteiger partial charge in [-0.05, 0) is 32.1 Å². The first-order valence-corrected chi connectivity index (χ1v) is 5.61. The van der Waals surface area contributed by atoms with Gasteiger partial charge in [0.1, 0.15) is 0 Å². The quantitative estimate of drug-likeness (QED) is 0.744. The van der Waals surface area contributed by atoms with Crippen molar-refractivity contribution in [2.24, 2.45) is 5.73 Å². The van der Waals surface area contributed by atoms with Gasteiger partial charge in [-0.15, -0.1) is 0 Å². The first-order valence-electron chi connectivity index (χ1n) is 5.61. The summed E-state index contributed by atoms with van der Waals surface area (Å²) in [7, 11) is 1.88. The van der Waals surface area contributed by atoms with Crippen LogP contribution in [0, 0.1) is 0 Å². The molecule has 1 fully saturated rings. The second kappa shape index (κ2) is 4.30. The fourth-order valence-electron chi connectivity index (χ4n) is 2.12. The highest BCUT2D eigenvalue weighted by atomic mass is 16.2. The monoisotopic (exact) mass is 198 g/mol. The van der Waals surface area contributed by atoms with Crippen LogP contribution in [-0.2, 0) is 4.79 Å². The average molecular weight is 198 g/mol. The Labute approximate surface area is 86.6 Å². The van der Waals surface area contributed by atoms with E-state index in [1.807, 2.05) is 11.9 Å². The Bertz CT molecular complexity index is 207. The summed E-state index contributed by atoms with van der Waals surface area (Å²) < 4.78 is 0. The van der Waals surface area contributed by atoms with Crippen molar-refractivity contribution < 1.29 is 4.79 Å². The van der Waals surface area contributed by atoms with Crippen LogP contribution in [0.2, 0.25) is 0 Å². The van der Waals surface area contributed by atoms with Crippen molar-refractivity contribution >= 4 is 5.91 Å². The van der Waals surface area contributed by atoms with Gasteiger partial charge < -0.3 is 10.6 Å². The minimum absolute atomic E-state index is 0.137. The Balaban J connectivity index is 2.59. The fourth-order valence-corrected chi connectivity index (χ4v) is 2.12. The number of carbonyl (C=O) groups excluding carboxylic acids is 1. The maximum atomic E-state index is 12.0. The molecule has 0 radical (unpaired) electrons. The molecule has 0 bridgehead atoms. The molecule has 0 saturated heterocycles. The lowest BCUT2D eigenvalue weighted by atomic mass is 9.76. The van der Waals surface area contributed by atoms with Crippen LogP contribution in [0.25, 0.3) is 0 Å². The van der Waals surface area contributed by atoms with Gasteiger partial charge >= 0.3 is 0 Å². The standard InChI is InChI=1S/C11H22N2O/c1-4-9(5-2)13(3)10(14)11(12)7-6-8-11/h9H,4-8,12H2,1-3H3. The van der Waals surface area contributed by atoms with Crippen molar-refractivity contribution in [3.63, 3.8) is 0 Å². The largest absolute Gasteiger partial charge is 0.341 e. The minimum Gasteiger partial charge on any atom is -0.341 e. The molecule has 14 heavy (non-hydrogen) atoms.